The summed E-state index contributed by atoms with van der Waals surface area (Å²) in [4.78, 5) is 0. The van der Waals surface area contributed by atoms with Crippen molar-refractivity contribution >= 4 is 0 Å². The van der Waals surface area contributed by atoms with Gasteiger partial charge < -0.3 is 14.8 Å². The van der Waals surface area contributed by atoms with Crippen molar-refractivity contribution in [1.82, 2.24) is 5.32 Å². The molecule has 1 heterocycles. The van der Waals surface area contributed by atoms with Crippen molar-refractivity contribution in [2.75, 3.05) is 19.7 Å². The zero-order chi connectivity index (χ0) is 14.4. The number of hydrogen-bond acceptors (Lipinski definition) is 3. The van der Waals surface area contributed by atoms with E-state index in [0.29, 0.717) is 12.7 Å². The Morgan fingerprint density at radius 1 is 1.25 bits per heavy atom. The van der Waals surface area contributed by atoms with Crippen LogP contribution in [0, 0.1) is 13.8 Å². The van der Waals surface area contributed by atoms with E-state index in [9.17, 15) is 0 Å². The Hall–Kier alpha value is -1.06. The number of aryl methyl sites for hydroxylation is 2. The van der Waals surface area contributed by atoms with Crippen LogP contribution in [0.15, 0.2) is 18.2 Å². The highest BCUT2D eigenvalue weighted by atomic mass is 16.5. The van der Waals surface area contributed by atoms with Gasteiger partial charge in [-0.05, 0) is 51.3 Å². The Morgan fingerprint density at radius 3 is 2.80 bits per heavy atom. The van der Waals surface area contributed by atoms with Crippen LogP contribution in [0.4, 0.5) is 0 Å². The van der Waals surface area contributed by atoms with Crippen LogP contribution in [0.2, 0.25) is 0 Å². The number of nitrogens with one attached hydrogen (secondary N) is 1. The van der Waals surface area contributed by atoms with Gasteiger partial charge in [0.25, 0.3) is 0 Å². The summed E-state index contributed by atoms with van der Waals surface area (Å²) in [6, 6.07) is 6.30. The molecule has 1 aromatic rings. The molecule has 0 bridgehead atoms. The molecule has 20 heavy (non-hydrogen) atoms. The minimum atomic E-state index is 0.240. The van der Waals surface area contributed by atoms with Gasteiger partial charge in [-0.15, -0.1) is 0 Å². The van der Waals surface area contributed by atoms with E-state index in [2.05, 4.69) is 44.3 Å². The van der Waals surface area contributed by atoms with Crippen LogP contribution in [0.5, 0.6) is 5.75 Å². The van der Waals surface area contributed by atoms with E-state index < -0.39 is 0 Å². The highest BCUT2D eigenvalue weighted by molar-refractivity contribution is 5.35. The molecule has 0 spiro atoms. The molecule has 3 heteroatoms. The maximum atomic E-state index is 6.01. The number of benzene rings is 1. The zero-order valence-corrected chi connectivity index (χ0v) is 12.9. The molecular formula is C17H27NO2. The van der Waals surface area contributed by atoms with Crippen molar-refractivity contribution in [3.05, 3.63) is 29.3 Å². The molecule has 0 aliphatic carbocycles. The lowest BCUT2D eigenvalue weighted by molar-refractivity contribution is 0.0185. The fraction of sp³-hybridized carbons (Fsp3) is 0.647. The average molecular weight is 277 g/mol. The average Bonchev–Trinajstić information content (AvgIpc) is 2.86. The Balaban J connectivity index is 1.72. The number of ether oxygens (including phenoxy) is 2. The highest BCUT2D eigenvalue weighted by Gasteiger charge is 2.25. The van der Waals surface area contributed by atoms with Gasteiger partial charge in [-0.25, -0.2) is 0 Å². The largest absolute Gasteiger partial charge is 0.491 e. The first-order valence-electron chi connectivity index (χ1n) is 7.75. The fourth-order valence-electron chi connectivity index (χ4n) is 2.64. The van der Waals surface area contributed by atoms with Gasteiger partial charge in [-0.2, -0.15) is 0 Å². The van der Waals surface area contributed by atoms with Gasteiger partial charge in [0.2, 0.25) is 0 Å². The summed E-state index contributed by atoms with van der Waals surface area (Å²) in [6.07, 6.45) is 4.01. The SMILES string of the molecule is CCCNCC1CCC(COc2ccc(C)cc2C)O1. The summed E-state index contributed by atoms with van der Waals surface area (Å²) in [5.41, 5.74) is 2.47. The summed E-state index contributed by atoms with van der Waals surface area (Å²) in [6.45, 7) is 9.08. The Labute approximate surface area is 122 Å². The lowest BCUT2D eigenvalue weighted by Crippen LogP contribution is -2.28. The van der Waals surface area contributed by atoms with Crippen LogP contribution in [0.1, 0.15) is 37.3 Å². The van der Waals surface area contributed by atoms with Crippen LogP contribution in [-0.2, 0) is 4.74 Å². The molecule has 112 valence electrons. The summed E-state index contributed by atoms with van der Waals surface area (Å²) >= 11 is 0. The summed E-state index contributed by atoms with van der Waals surface area (Å²) in [5, 5.41) is 3.42. The molecule has 2 unspecified atom stereocenters. The summed E-state index contributed by atoms with van der Waals surface area (Å²) in [7, 11) is 0. The Bertz CT molecular complexity index is 419. The van der Waals surface area contributed by atoms with Gasteiger partial charge >= 0.3 is 0 Å². The number of rotatable bonds is 7. The van der Waals surface area contributed by atoms with Crippen LogP contribution in [0.25, 0.3) is 0 Å². The summed E-state index contributed by atoms with van der Waals surface area (Å²) < 4.78 is 11.9. The van der Waals surface area contributed by atoms with E-state index in [4.69, 9.17) is 9.47 Å². The van der Waals surface area contributed by atoms with Gasteiger partial charge in [-0.1, -0.05) is 24.6 Å². The molecule has 1 aliphatic heterocycles. The third kappa shape index (κ3) is 4.50. The lowest BCUT2D eigenvalue weighted by Gasteiger charge is -2.16. The molecule has 0 saturated carbocycles. The minimum absolute atomic E-state index is 0.240. The smallest absolute Gasteiger partial charge is 0.122 e. The van der Waals surface area contributed by atoms with Gasteiger partial charge in [0, 0.05) is 6.54 Å². The first-order chi connectivity index (χ1) is 9.69. The zero-order valence-electron chi connectivity index (χ0n) is 12.9. The van der Waals surface area contributed by atoms with Crippen molar-refractivity contribution in [3.63, 3.8) is 0 Å². The van der Waals surface area contributed by atoms with E-state index in [1.165, 1.54) is 17.5 Å². The Morgan fingerprint density at radius 2 is 2.05 bits per heavy atom. The van der Waals surface area contributed by atoms with E-state index >= 15 is 0 Å². The monoisotopic (exact) mass is 277 g/mol. The van der Waals surface area contributed by atoms with E-state index in [-0.39, 0.29) is 6.10 Å². The molecule has 1 aromatic carbocycles. The molecule has 2 atom stereocenters. The second kappa shape index (κ2) is 7.65. The van der Waals surface area contributed by atoms with Crippen LogP contribution < -0.4 is 10.1 Å². The fourth-order valence-corrected chi connectivity index (χ4v) is 2.64. The van der Waals surface area contributed by atoms with E-state index in [1.807, 2.05) is 0 Å². The molecular weight excluding hydrogens is 250 g/mol. The normalized spacial score (nSPS) is 22.1. The number of hydrogen-bond donors (Lipinski definition) is 1. The van der Waals surface area contributed by atoms with Gasteiger partial charge in [0.05, 0.1) is 12.2 Å². The molecule has 1 aliphatic rings. The van der Waals surface area contributed by atoms with E-state index in [1.54, 1.807) is 0 Å². The van der Waals surface area contributed by atoms with Crippen LogP contribution in [-0.4, -0.2) is 31.9 Å². The molecule has 3 nitrogen and oxygen atoms in total. The van der Waals surface area contributed by atoms with Crippen molar-refractivity contribution in [2.24, 2.45) is 0 Å². The first kappa shape index (κ1) is 15.3. The molecule has 1 saturated heterocycles. The van der Waals surface area contributed by atoms with Crippen molar-refractivity contribution < 1.29 is 9.47 Å². The predicted octanol–water partition coefficient (Wildman–Crippen LogP) is 3.23. The second-order valence-electron chi connectivity index (χ2n) is 5.74. The van der Waals surface area contributed by atoms with Gasteiger partial charge in [0.15, 0.2) is 0 Å². The molecule has 1 fully saturated rings. The second-order valence-corrected chi connectivity index (χ2v) is 5.74. The Kier molecular flexibility index (Phi) is 5.86. The van der Waals surface area contributed by atoms with Crippen molar-refractivity contribution in [2.45, 2.75) is 52.2 Å². The molecule has 0 amide bonds. The predicted molar refractivity (Wildman–Crippen MR) is 82.5 cm³/mol. The molecule has 0 radical (unpaired) electrons. The molecule has 0 aromatic heterocycles. The third-order valence-corrected chi connectivity index (χ3v) is 3.75. The van der Waals surface area contributed by atoms with E-state index in [0.717, 1.165) is 31.7 Å². The maximum Gasteiger partial charge on any atom is 0.122 e. The van der Waals surface area contributed by atoms with Crippen molar-refractivity contribution in [1.29, 1.82) is 0 Å². The maximum absolute atomic E-state index is 6.01. The third-order valence-electron chi connectivity index (χ3n) is 3.75. The van der Waals surface area contributed by atoms with Crippen LogP contribution in [0.3, 0.4) is 0 Å². The van der Waals surface area contributed by atoms with Gasteiger partial charge in [0.1, 0.15) is 12.4 Å². The van der Waals surface area contributed by atoms with Gasteiger partial charge in [-0.3, -0.25) is 0 Å². The minimum Gasteiger partial charge on any atom is -0.491 e. The lowest BCUT2D eigenvalue weighted by atomic mass is 10.1. The first-order valence-corrected chi connectivity index (χ1v) is 7.75. The van der Waals surface area contributed by atoms with Crippen LogP contribution >= 0.6 is 0 Å². The topological polar surface area (TPSA) is 30.5 Å². The highest BCUT2D eigenvalue weighted by Crippen LogP contribution is 2.23. The summed E-state index contributed by atoms with van der Waals surface area (Å²) in [5.74, 6) is 0.978. The van der Waals surface area contributed by atoms with Crippen molar-refractivity contribution in [3.8, 4) is 5.75 Å². The molecule has 2 rings (SSSR count). The molecule has 1 N–H and O–H groups in total. The standard InChI is InChI=1S/C17H27NO2/c1-4-9-18-11-15-6-7-16(20-15)12-19-17-8-5-13(2)10-14(17)3/h5,8,10,15-16,18H,4,6-7,9,11-12H2,1-3H3. The quantitative estimate of drug-likeness (QED) is 0.776.